The highest BCUT2D eigenvalue weighted by Crippen LogP contribution is 2.33. The zero-order valence-corrected chi connectivity index (χ0v) is 13.3. The molecule has 1 aliphatic carbocycles. The van der Waals surface area contributed by atoms with Gasteiger partial charge in [-0.3, -0.25) is 0 Å². The molecule has 3 rings (SSSR count). The lowest BCUT2D eigenvalue weighted by Gasteiger charge is -2.17. The van der Waals surface area contributed by atoms with Crippen LogP contribution in [0.15, 0.2) is 34.2 Å². The molecule has 0 aliphatic heterocycles. The Hall–Kier alpha value is -0.710. The fourth-order valence-corrected chi connectivity index (χ4v) is 3.79. The van der Waals surface area contributed by atoms with E-state index in [9.17, 15) is 0 Å². The Kier molecular flexibility index (Phi) is 4.01. The van der Waals surface area contributed by atoms with Gasteiger partial charge in [-0.1, -0.05) is 28.9 Å². The lowest BCUT2D eigenvalue weighted by atomic mass is 10.1. The first-order valence-corrected chi connectivity index (χ1v) is 8.32. The molecular weight excluding hydrogens is 320 g/mol. The molecule has 2 aromatic rings. The summed E-state index contributed by atoms with van der Waals surface area (Å²) in [5, 5.41) is 6.97. The Morgan fingerprint density at radius 1 is 1.53 bits per heavy atom. The minimum atomic E-state index is 0.486. The van der Waals surface area contributed by atoms with Gasteiger partial charge in [0.25, 0.3) is 0 Å². The largest absolute Gasteiger partial charge is 0.309 e. The number of aryl methyl sites for hydroxylation is 1. The molecule has 0 spiro atoms. The fraction of sp³-hybridized carbons (Fsp3) is 0.400. The highest BCUT2D eigenvalue weighted by atomic mass is 79.9. The van der Waals surface area contributed by atoms with Crippen LogP contribution in [-0.4, -0.2) is 11.5 Å². The van der Waals surface area contributed by atoms with E-state index in [0.717, 1.165) is 6.54 Å². The van der Waals surface area contributed by atoms with Crippen LogP contribution < -0.4 is 5.32 Å². The van der Waals surface area contributed by atoms with Gasteiger partial charge in [0.2, 0.25) is 0 Å². The average molecular weight is 337 g/mol. The van der Waals surface area contributed by atoms with Gasteiger partial charge in [-0.05, 0) is 36.1 Å². The van der Waals surface area contributed by atoms with Crippen molar-refractivity contribution < 1.29 is 0 Å². The van der Waals surface area contributed by atoms with E-state index < -0.39 is 0 Å². The number of rotatable bonds is 4. The maximum absolute atomic E-state index is 4.39. The molecule has 0 saturated heterocycles. The van der Waals surface area contributed by atoms with Gasteiger partial charge in [0.15, 0.2) is 0 Å². The van der Waals surface area contributed by atoms with Crippen LogP contribution in [0.5, 0.6) is 0 Å². The minimum Gasteiger partial charge on any atom is -0.309 e. The number of fused-ring (bicyclic) bond motifs is 1. The van der Waals surface area contributed by atoms with Crippen molar-refractivity contribution in [3.05, 3.63) is 50.4 Å². The van der Waals surface area contributed by atoms with E-state index in [-0.39, 0.29) is 0 Å². The van der Waals surface area contributed by atoms with Crippen LogP contribution in [0.4, 0.5) is 0 Å². The Labute approximate surface area is 126 Å². The molecule has 2 unspecified atom stereocenters. The predicted molar refractivity (Wildman–Crippen MR) is 83.7 cm³/mol. The molecule has 0 amide bonds. The zero-order chi connectivity index (χ0) is 13.2. The number of thiazole rings is 1. The summed E-state index contributed by atoms with van der Waals surface area (Å²) in [6.07, 6.45) is 4.27. The maximum atomic E-state index is 4.39. The monoisotopic (exact) mass is 336 g/mol. The van der Waals surface area contributed by atoms with Crippen molar-refractivity contribution >= 4 is 27.3 Å². The standard InChI is InChI=1S/C15H17BrN2S/c1-10(15-17-6-7-19-15)9-18-14-5-2-11-8-12(16)3-4-13(11)14/h3-4,6-8,10,14,18H,2,5,9H2,1H3. The Morgan fingerprint density at radius 3 is 3.21 bits per heavy atom. The van der Waals surface area contributed by atoms with Crippen LogP contribution in [0.3, 0.4) is 0 Å². The summed E-state index contributed by atoms with van der Waals surface area (Å²) in [5.74, 6) is 0.486. The van der Waals surface area contributed by atoms with Crippen molar-refractivity contribution in [2.24, 2.45) is 0 Å². The quantitative estimate of drug-likeness (QED) is 0.900. The third kappa shape index (κ3) is 2.91. The third-order valence-corrected chi connectivity index (χ3v) is 5.23. The molecule has 0 fully saturated rings. The zero-order valence-electron chi connectivity index (χ0n) is 10.9. The van der Waals surface area contributed by atoms with Crippen LogP contribution >= 0.6 is 27.3 Å². The van der Waals surface area contributed by atoms with E-state index in [4.69, 9.17) is 0 Å². The van der Waals surface area contributed by atoms with E-state index in [2.05, 4.69) is 51.4 Å². The molecule has 19 heavy (non-hydrogen) atoms. The molecular formula is C15H17BrN2S. The van der Waals surface area contributed by atoms with Crippen LogP contribution in [0.25, 0.3) is 0 Å². The summed E-state index contributed by atoms with van der Waals surface area (Å²) < 4.78 is 1.18. The number of hydrogen-bond acceptors (Lipinski definition) is 3. The molecule has 1 N–H and O–H groups in total. The van der Waals surface area contributed by atoms with Crippen molar-refractivity contribution in [3.8, 4) is 0 Å². The second kappa shape index (κ2) is 5.73. The molecule has 0 saturated carbocycles. The van der Waals surface area contributed by atoms with Gasteiger partial charge >= 0.3 is 0 Å². The van der Waals surface area contributed by atoms with Crippen molar-refractivity contribution in [2.45, 2.75) is 31.7 Å². The second-order valence-corrected chi connectivity index (χ2v) is 6.96. The van der Waals surface area contributed by atoms with Crippen molar-refractivity contribution in [1.82, 2.24) is 10.3 Å². The van der Waals surface area contributed by atoms with Gasteiger partial charge in [0.1, 0.15) is 0 Å². The van der Waals surface area contributed by atoms with Gasteiger partial charge in [0.05, 0.1) is 5.01 Å². The number of nitrogens with zero attached hydrogens (tertiary/aromatic N) is 1. The molecule has 1 aliphatic rings. The smallest absolute Gasteiger partial charge is 0.0965 e. The van der Waals surface area contributed by atoms with E-state index in [1.165, 1.54) is 33.4 Å². The molecule has 2 nitrogen and oxygen atoms in total. The Bertz CT molecular complexity index is 553. The third-order valence-electron chi connectivity index (χ3n) is 3.73. The lowest BCUT2D eigenvalue weighted by Crippen LogP contribution is -2.24. The molecule has 1 aromatic carbocycles. The van der Waals surface area contributed by atoms with Gasteiger partial charge in [0, 0.05) is 34.6 Å². The summed E-state index contributed by atoms with van der Waals surface area (Å²) >= 11 is 5.29. The number of aromatic nitrogens is 1. The summed E-state index contributed by atoms with van der Waals surface area (Å²) in [6, 6.07) is 7.15. The summed E-state index contributed by atoms with van der Waals surface area (Å²) in [4.78, 5) is 4.39. The topological polar surface area (TPSA) is 24.9 Å². The van der Waals surface area contributed by atoms with E-state index in [1.807, 2.05) is 11.6 Å². The number of halogens is 1. The second-order valence-electron chi connectivity index (χ2n) is 5.11. The Balaban J connectivity index is 1.64. The molecule has 0 bridgehead atoms. The van der Waals surface area contributed by atoms with E-state index >= 15 is 0 Å². The summed E-state index contributed by atoms with van der Waals surface area (Å²) in [6.45, 7) is 3.23. The minimum absolute atomic E-state index is 0.486. The fourth-order valence-electron chi connectivity index (χ4n) is 2.68. The van der Waals surface area contributed by atoms with Crippen molar-refractivity contribution in [1.29, 1.82) is 0 Å². The SMILES string of the molecule is CC(CNC1CCc2cc(Br)ccc21)c1nccs1. The average Bonchev–Trinajstić information content (AvgIpc) is 3.05. The first kappa shape index (κ1) is 13.3. The summed E-state index contributed by atoms with van der Waals surface area (Å²) in [7, 11) is 0. The van der Waals surface area contributed by atoms with Gasteiger partial charge in [-0.25, -0.2) is 4.98 Å². The number of nitrogens with one attached hydrogen (secondary N) is 1. The Morgan fingerprint density at radius 2 is 2.42 bits per heavy atom. The highest BCUT2D eigenvalue weighted by Gasteiger charge is 2.22. The molecule has 4 heteroatoms. The lowest BCUT2D eigenvalue weighted by molar-refractivity contribution is 0.503. The van der Waals surface area contributed by atoms with Crippen LogP contribution in [0.1, 0.15) is 41.4 Å². The maximum Gasteiger partial charge on any atom is 0.0965 e. The highest BCUT2D eigenvalue weighted by molar-refractivity contribution is 9.10. The molecule has 0 radical (unpaired) electrons. The van der Waals surface area contributed by atoms with E-state index in [1.54, 1.807) is 11.3 Å². The normalized spacial score (nSPS) is 19.4. The van der Waals surface area contributed by atoms with Gasteiger partial charge in [-0.15, -0.1) is 11.3 Å². The van der Waals surface area contributed by atoms with E-state index in [0.29, 0.717) is 12.0 Å². The molecule has 1 heterocycles. The van der Waals surface area contributed by atoms with Crippen LogP contribution in [0.2, 0.25) is 0 Å². The van der Waals surface area contributed by atoms with Crippen LogP contribution in [0, 0.1) is 0 Å². The summed E-state index contributed by atoms with van der Waals surface area (Å²) in [5.41, 5.74) is 2.95. The van der Waals surface area contributed by atoms with Crippen LogP contribution in [-0.2, 0) is 6.42 Å². The molecule has 100 valence electrons. The van der Waals surface area contributed by atoms with Gasteiger partial charge < -0.3 is 5.32 Å². The first-order chi connectivity index (χ1) is 9.24. The number of hydrogen-bond donors (Lipinski definition) is 1. The van der Waals surface area contributed by atoms with Gasteiger partial charge in [-0.2, -0.15) is 0 Å². The van der Waals surface area contributed by atoms with Crippen molar-refractivity contribution in [2.75, 3.05) is 6.54 Å². The van der Waals surface area contributed by atoms with Crippen molar-refractivity contribution in [3.63, 3.8) is 0 Å². The first-order valence-electron chi connectivity index (χ1n) is 6.65. The molecule has 1 aromatic heterocycles. The number of benzene rings is 1. The molecule has 2 atom stereocenters. The predicted octanol–water partition coefficient (Wildman–Crippen LogP) is 4.29.